The fourth-order valence-electron chi connectivity index (χ4n) is 1.47. The molecule has 1 amide bonds. The van der Waals surface area contributed by atoms with Crippen molar-refractivity contribution in [3.05, 3.63) is 42.3 Å². The lowest BCUT2D eigenvalue weighted by molar-refractivity contribution is -0.167. The summed E-state index contributed by atoms with van der Waals surface area (Å²) in [7, 11) is 3.00. The number of hydroxylamine groups is 2. The SMILES string of the molecule is CON(C)C(=O)Cc1coc(-c2ccccc2)n1. The quantitative estimate of drug-likeness (QED) is 0.773. The normalized spacial score (nSPS) is 10.3. The second-order valence-electron chi connectivity index (χ2n) is 3.76. The molecule has 0 saturated heterocycles. The maximum atomic E-state index is 11.6. The van der Waals surface area contributed by atoms with E-state index in [0.717, 1.165) is 10.6 Å². The van der Waals surface area contributed by atoms with Crippen molar-refractivity contribution in [3.8, 4) is 11.5 Å². The number of aromatic nitrogens is 1. The van der Waals surface area contributed by atoms with Crippen LogP contribution in [0.1, 0.15) is 5.69 Å². The summed E-state index contributed by atoms with van der Waals surface area (Å²) >= 11 is 0. The molecule has 5 nitrogen and oxygen atoms in total. The zero-order valence-corrected chi connectivity index (χ0v) is 10.3. The van der Waals surface area contributed by atoms with Gasteiger partial charge in [-0.2, -0.15) is 0 Å². The first-order chi connectivity index (χ1) is 8.70. The van der Waals surface area contributed by atoms with Crippen molar-refractivity contribution in [2.24, 2.45) is 0 Å². The predicted molar refractivity (Wildman–Crippen MR) is 65.4 cm³/mol. The zero-order chi connectivity index (χ0) is 13.0. The van der Waals surface area contributed by atoms with Gasteiger partial charge in [-0.3, -0.25) is 9.63 Å². The number of rotatable bonds is 4. The van der Waals surface area contributed by atoms with E-state index < -0.39 is 0 Å². The van der Waals surface area contributed by atoms with Crippen LogP contribution in [0.15, 0.2) is 41.0 Å². The van der Waals surface area contributed by atoms with E-state index in [9.17, 15) is 4.79 Å². The maximum Gasteiger partial charge on any atom is 0.251 e. The summed E-state index contributed by atoms with van der Waals surface area (Å²) in [6.07, 6.45) is 1.64. The monoisotopic (exact) mass is 246 g/mol. The highest BCUT2D eigenvalue weighted by atomic mass is 16.7. The van der Waals surface area contributed by atoms with Crippen molar-refractivity contribution >= 4 is 5.91 Å². The van der Waals surface area contributed by atoms with Gasteiger partial charge >= 0.3 is 0 Å². The molecule has 94 valence electrons. The molecule has 1 aromatic carbocycles. The number of benzene rings is 1. The Labute approximate surface area is 105 Å². The minimum absolute atomic E-state index is 0.153. The summed E-state index contributed by atoms with van der Waals surface area (Å²) in [5.74, 6) is 0.337. The Morgan fingerprint density at radius 2 is 2.11 bits per heavy atom. The molecule has 0 aliphatic rings. The smallest absolute Gasteiger partial charge is 0.251 e. The summed E-state index contributed by atoms with van der Waals surface area (Å²) in [4.78, 5) is 20.7. The molecule has 0 atom stereocenters. The van der Waals surface area contributed by atoms with Crippen LogP contribution in [0, 0.1) is 0 Å². The Morgan fingerprint density at radius 3 is 2.78 bits per heavy atom. The van der Waals surface area contributed by atoms with Crippen LogP contribution < -0.4 is 0 Å². The van der Waals surface area contributed by atoms with Gasteiger partial charge in [0.05, 0.1) is 19.2 Å². The van der Waals surface area contributed by atoms with Crippen LogP contribution in [0.5, 0.6) is 0 Å². The molecule has 2 aromatic rings. The van der Waals surface area contributed by atoms with Gasteiger partial charge in [-0.1, -0.05) is 18.2 Å². The first-order valence-corrected chi connectivity index (χ1v) is 5.51. The number of amides is 1. The molecule has 0 radical (unpaired) electrons. The topological polar surface area (TPSA) is 55.6 Å². The predicted octanol–water partition coefficient (Wildman–Crippen LogP) is 1.90. The third-order valence-electron chi connectivity index (χ3n) is 2.53. The molecule has 0 saturated carbocycles. The van der Waals surface area contributed by atoms with Crippen molar-refractivity contribution in [3.63, 3.8) is 0 Å². The third-order valence-corrected chi connectivity index (χ3v) is 2.53. The van der Waals surface area contributed by atoms with Crippen molar-refractivity contribution in [1.82, 2.24) is 10.0 Å². The van der Waals surface area contributed by atoms with Crippen molar-refractivity contribution in [2.75, 3.05) is 14.2 Å². The minimum Gasteiger partial charge on any atom is -0.444 e. The first-order valence-electron chi connectivity index (χ1n) is 5.51. The Bertz CT molecular complexity index is 522. The lowest BCUT2D eigenvalue weighted by atomic mass is 10.2. The molecule has 2 rings (SSSR count). The van der Waals surface area contributed by atoms with Gasteiger partial charge in [0.25, 0.3) is 5.91 Å². The van der Waals surface area contributed by atoms with Gasteiger partial charge in [-0.25, -0.2) is 10.0 Å². The standard InChI is InChI=1S/C13H14N2O3/c1-15(17-2)12(16)8-11-9-18-13(14-11)10-6-4-3-5-7-10/h3-7,9H,8H2,1-2H3. The maximum absolute atomic E-state index is 11.6. The largest absolute Gasteiger partial charge is 0.444 e. The molecule has 1 heterocycles. The molecule has 0 aliphatic carbocycles. The van der Waals surface area contributed by atoms with E-state index in [1.54, 1.807) is 7.05 Å². The summed E-state index contributed by atoms with van der Waals surface area (Å²) in [5.41, 5.74) is 1.47. The molecule has 0 unspecified atom stereocenters. The van der Waals surface area contributed by atoms with Gasteiger partial charge in [0.15, 0.2) is 0 Å². The molecule has 18 heavy (non-hydrogen) atoms. The van der Waals surface area contributed by atoms with Crippen LogP contribution in [0.3, 0.4) is 0 Å². The van der Waals surface area contributed by atoms with E-state index >= 15 is 0 Å². The van der Waals surface area contributed by atoms with Crippen LogP contribution >= 0.6 is 0 Å². The fourth-order valence-corrected chi connectivity index (χ4v) is 1.47. The molecular formula is C13H14N2O3. The number of carbonyl (C=O) groups excluding carboxylic acids is 1. The van der Waals surface area contributed by atoms with Crippen LogP contribution in [-0.2, 0) is 16.1 Å². The average molecular weight is 246 g/mol. The Morgan fingerprint density at radius 1 is 1.39 bits per heavy atom. The van der Waals surface area contributed by atoms with Crippen LogP contribution in [0.4, 0.5) is 0 Å². The summed E-state index contributed by atoms with van der Waals surface area (Å²) in [5, 5.41) is 1.16. The Balaban J connectivity index is 2.10. The Kier molecular flexibility index (Phi) is 3.74. The number of carbonyl (C=O) groups is 1. The second-order valence-corrected chi connectivity index (χ2v) is 3.76. The number of hydrogen-bond donors (Lipinski definition) is 0. The molecule has 0 aliphatic heterocycles. The number of nitrogens with zero attached hydrogens (tertiary/aromatic N) is 2. The number of oxazole rings is 1. The number of hydrogen-bond acceptors (Lipinski definition) is 4. The van der Waals surface area contributed by atoms with Crippen molar-refractivity contribution in [2.45, 2.75) is 6.42 Å². The van der Waals surface area contributed by atoms with Gasteiger partial charge < -0.3 is 4.42 Å². The summed E-state index contributed by atoms with van der Waals surface area (Å²) in [6, 6.07) is 9.54. The van der Waals surface area contributed by atoms with Gasteiger partial charge in [-0.05, 0) is 12.1 Å². The second kappa shape index (κ2) is 5.46. The van der Waals surface area contributed by atoms with Crippen LogP contribution in [0.2, 0.25) is 0 Å². The van der Waals surface area contributed by atoms with Gasteiger partial charge in [0, 0.05) is 12.6 Å². The minimum atomic E-state index is -0.176. The molecule has 0 spiro atoms. The Hall–Kier alpha value is -2.14. The van der Waals surface area contributed by atoms with Crippen LogP contribution in [0.25, 0.3) is 11.5 Å². The van der Waals surface area contributed by atoms with E-state index in [1.807, 2.05) is 30.3 Å². The van der Waals surface area contributed by atoms with Crippen LogP contribution in [-0.4, -0.2) is 30.1 Å². The van der Waals surface area contributed by atoms with Crippen molar-refractivity contribution < 1.29 is 14.0 Å². The molecular weight excluding hydrogens is 232 g/mol. The first kappa shape index (κ1) is 12.3. The third kappa shape index (κ3) is 2.75. The highest BCUT2D eigenvalue weighted by Crippen LogP contribution is 2.18. The zero-order valence-electron chi connectivity index (χ0n) is 10.3. The lowest BCUT2D eigenvalue weighted by Crippen LogP contribution is -2.27. The van der Waals surface area contributed by atoms with Crippen molar-refractivity contribution in [1.29, 1.82) is 0 Å². The van der Waals surface area contributed by atoms with E-state index in [2.05, 4.69) is 4.98 Å². The molecule has 5 heteroatoms. The molecule has 0 N–H and O–H groups in total. The lowest BCUT2D eigenvalue weighted by Gasteiger charge is -2.11. The van der Waals surface area contributed by atoms with E-state index in [4.69, 9.17) is 9.25 Å². The molecule has 0 bridgehead atoms. The average Bonchev–Trinajstić information content (AvgIpc) is 2.87. The van der Waals surface area contributed by atoms with E-state index in [1.165, 1.54) is 13.4 Å². The fraction of sp³-hybridized carbons (Fsp3) is 0.231. The van der Waals surface area contributed by atoms with Gasteiger partial charge in [0.1, 0.15) is 6.26 Å². The van der Waals surface area contributed by atoms with Gasteiger partial charge in [-0.15, -0.1) is 0 Å². The molecule has 1 aromatic heterocycles. The highest BCUT2D eigenvalue weighted by Gasteiger charge is 2.13. The van der Waals surface area contributed by atoms with E-state index in [0.29, 0.717) is 11.6 Å². The summed E-state index contributed by atoms with van der Waals surface area (Å²) in [6.45, 7) is 0. The summed E-state index contributed by atoms with van der Waals surface area (Å²) < 4.78 is 5.34. The number of likely N-dealkylation sites (N-methyl/N-ethyl adjacent to an activating group) is 1. The highest BCUT2D eigenvalue weighted by molar-refractivity contribution is 5.77. The van der Waals surface area contributed by atoms with Gasteiger partial charge in [0.2, 0.25) is 5.89 Å². The molecule has 0 fully saturated rings. The van der Waals surface area contributed by atoms with E-state index in [-0.39, 0.29) is 12.3 Å².